The molecule has 0 spiro atoms. The van der Waals surface area contributed by atoms with Crippen molar-refractivity contribution >= 4 is 16.3 Å². The van der Waals surface area contributed by atoms with Gasteiger partial charge in [-0.2, -0.15) is 0 Å². The standard InChI is InChI=1S/C23H24N2O2S/c1-23(2,3)16-10-11-19(27-4)17(12-16)21-18(14-26)25-13-20(28-22(25)24-21)15-8-6-5-7-9-15/h5-13,26H,14H2,1-4H3. The van der Waals surface area contributed by atoms with E-state index < -0.39 is 0 Å². The zero-order chi connectivity index (χ0) is 19.9. The Kier molecular flexibility index (Phi) is 4.73. The zero-order valence-electron chi connectivity index (χ0n) is 16.6. The number of imidazole rings is 1. The molecule has 2 aromatic heterocycles. The number of aromatic nitrogens is 2. The van der Waals surface area contributed by atoms with E-state index in [0.717, 1.165) is 38.1 Å². The lowest BCUT2D eigenvalue weighted by Gasteiger charge is -2.21. The molecule has 2 heterocycles. The van der Waals surface area contributed by atoms with Gasteiger partial charge in [0.25, 0.3) is 0 Å². The Labute approximate surface area is 169 Å². The van der Waals surface area contributed by atoms with Crippen LogP contribution in [0.1, 0.15) is 32.0 Å². The van der Waals surface area contributed by atoms with Crippen LogP contribution in [0.15, 0.2) is 54.7 Å². The van der Waals surface area contributed by atoms with Gasteiger partial charge in [-0.1, -0.05) is 68.5 Å². The van der Waals surface area contributed by atoms with Crippen LogP contribution in [0.4, 0.5) is 0 Å². The van der Waals surface area contributed by atoms with Crippen molar-refractivity contribution in [2.75, 3.05) is 7.11 Å². The molecule has 5 heteroatoms. The van der Waals surface area contributed by atoms with E-state index in [-0.39, 0.29) is 12.0 Å². The Morgan fingerprint density at radius 1 is 1.11 bits per heavy atom. The van der Waals surface area contributed by atoms with Crippen molar-refractivity contribution in [3.8, 4) is 27.4 Å². The normalized spacial score (nSPS) is 11.9. The summed E-state index contributed by atoms with van der Waals surface area (Å²) in [6.07, 6.45) is 2.05. The molecule has 0 aliphatic rings. The molecule has 0 aliphatic heterocycles. The molecule has 0 unspecified atom stereocenters. The van der Waals surface area contributed by atoms with Crippen LogP contribution in [0.25, 0.3) is 26.7 Å². The molecule has 4 rings (SSSR count). The Hall–Kier alpha value is -2.63. The molecule has 0 bridgehead atoms. The van der Waals surface area contributed by atoms with Crippen LogP contribution in [0.3, 0.4) is 0 Å². The van der Waals surface area contributed by atoms with Gasteiger partial charge in [-0.25, -0.2) is 4.98 Å². The number of benzene rings is 2. The highest BCUT2D eigenvalue weighted by Crippen LogP contribution is 2.38. The van der Waals surface area contributed by atoms with Gasteiger partial charge >= 0.3 is 0 Å². The van der Waals surface area contributed by atoms with Gasteiger partial charge in [0, 0.05) is 11.8 Å². The van der Waals surface area contributed by atoms with Gasteiger partial charge in [-0.3, -0.25) is 4.40 Å². The summed E-state index contributed by atoms with van der Waals surface area (Å²) in [6.45, 7) is 6.46. The first-order valence-corrected chi connectivity index (χ1v) is 10.1. The highest BCUT2D eigenvalue weighted by molar-refractivity contribution is 7.20. The van der Waals surface area contributed by atoms with Gasteiger partial charge in [-0.05, 0) is 28.7 Å². The second-order valence-corrected chi connectivity index (χ2v) is 8.85. The molecule has 0 atom stereocenters. The number of rotatable bonds is 4. The molecule has 0 saturated carbocycles. The molecule has 2 aromatic carbocycles. The molecular formula is C23H24N2O2S. The minimum absolute atomic E-state index is 0.0119. The summed E-state index contributed by atoms with van der Waals surface area (Å²) in [5, 5.41) is 10.1. The lowest BCUT2D eigenvalue weighted by molar-refractivity contribution is 0.276. The smallest absolute Gasteiger partial charge is 0.195 e. The van der Waals surface area contributed by atoms with Crippen LogP contribution >= 0.6 is 11.3 Å². The molecule has 0 saturated heterocycles. The third-order valence-electron chi connectivity index (χ3n) is 4.95. The second-order valence-electron chi connectivity index (χ2n) is 7.84. The van der Waals surface area contributed by atoms with E-state index in [9.17, 15) is 5.11 Å². The first-order valence-electron chi connectivity index (χ1n) is 9.28. The number of nitrogens with zero attached hydrogens (tertiary/aromatic N) is 2. The van der Waals surface area contributed by atoms with Crippen molar-refractivity contribution in [2.24, 2.45) is 0 Å². The predicted molar refractivity (Wildman–Crippen MR) is 115 cm³/mol. The molecule has 0 amide bonds. The van der Waals surface area contributed by atoms with Crippen molar-refractivity contribution in [1.82, 2.24) is 9.38 Å². The predicted octanol–water partition coefficient (Wildman–Crippen LogP) is 5.53. The van der Waals surface area contributed by atoms with E-state index in [1.54, 1.807) is 18.4 Å². The molecule has 0 fully saturated rings. The largest absolute Gasteiger partial charge is 0.496 e. The van der Waals surface area contributed by atoms with Crippen molar-refractivity contribution in [3.63, 3.8) is 0 Å². The summed E-state index contributed by atoms with van der Waals surface area (Å²) >= 11 is 1.62. The summed E-state index contributed by atoms with van der Waals surface area (Å²) in [6, 6.07) is 16.4. The average Bonchev–Trinajstić information content (AvgIpc) is 3.25. The van der Waals surface area contributed by atoms with Crippen molar-refractivity contribution in [3.05, 3.63) is 66.0 Å². The van der Waals surface area contributed by atoms with Gasteiger partial charge in [0.2, 0.25) is 0 Å². The Morgan fingerprint density at radius 3 is 2.50 bits per heavy atom. The molecular weight excluding hydrogens is 368 g/mol. The summed E-state index contributed by atoms with van der Waals surface area (Å²) in [5.41, 5.74) is 4.83. The second kappa shape index (κ2) is 7.08. The lowest BCUT2D eigenvalue weighted by Crippen LogP contribution is -2.11. The number of aliphatic hydroxyl groups is 1. The zero-order valence-corrected chi connectivity index (χ0v) is 17.4. The summed E-state index contributed by atoms with van der Waals surface area (Å²) in [4.78, 5) is 6.86. The fourth-order valence-corrected chi connectivity index (χ4v) is 4.36. The fourth-order valence-electron chi connectivity index (χ4n) is 3.35. The SMILES string of the molecule is COc1ccc(C(C)(C)C)cc1-c1nc2sc(-c3ccccc3)cn2c1CO. The summed E-state index contributed by atoms with van der Waals surface area (Å²) in [7, 11) is 1.67. The van der Waals surface area contributed by atoms with Gasteiger partial charge in [-0.15, -0.1) is 0 Å². The first-order chi connectivity index (χ1) is 13.4. The maximum absolute atomic E-state index is 10.1. The quantitative estimate of drug-likeness (QED) is 0.497. The lowest BCUT2D eigenvalue weighted by atomic mass is 9.85. The molecule has 0 aliphatic carbocycles. The molecule has 4 nitrogen and oxygen atoms in total. The highest BCUT2D eigenvalue weighted by atomic mass is 32.1. The first kappa shape index (κ1) is 18.7. The number of ether oxygens (including phenoxy) is 1. The maximum Gasteiger partial charge on any atom is 0.195 e. The molecule has 0 radical (unpaired) electrons. The molecule has 144 valence electrons. The Balaban J connectivity index is 1.89. The topological polar surface area (TPSA) is 46.8 Å². The number of aliphatic hydroxyl groups excluding tert-OH is 1. The molecule has 1 N–H and O–H groups in total. The van der Waals surface area contributed by atoms with Crippen LogP contribution in [-0.2, 0) is 12.0 Å². The van der Waals surface area contributed by atoms with E-state index in [4.69, 9.17) is 9.72 Å². The number of hydrogen-bond acceptors (Lipinski definition) is 4. The fraction of sp³-hybridized carbons (Fsp3) is 0.261. The Bertz CT molecular complexity index is 1120. The van der Waals surface area contributed by atoms with Gasteiger partial charge < -0.3 is 9.84 Å². The molecule has 28 heavy (non-hydrogen) atoms. The third kappa shape index (κ3) is 3.21. The average molecular weight is 393 g/mol. The summed E-state index contributed by atoms with van der Waals surface area (Å²) in [5.74, 6) is 0.761. The van der Waals surface area contributed by atoms with Crippen LogP contribution in [0.2, 0.25) is 0 Å². The number of hydrogen-bond donors (Lipinski definition) is 1. The monoisotopic (exact) mass is 392 g/mol. The minimum atomic E-state index is -0.0929. The number of fused-ring (bicyclic) bond motifs is 1. The van der Waals surface area contributed by atoms with E-state index in [2.05, 4.69) is 51.2 Å². The van der Waals surface area contributed by atoms with E-state index in [0.29, 0.717) is 0 Å². The van der Waals surface area contributed by atoms with Crippen molar-refractivity contribution < 1.29 is 9.84 Å². The van der Waals surface area contributed by atoms with Crippen molar-refractivity contribution in [1.29, 1.82) is 0 Å². The number of methoxy groups -OCH3 is 1. The van der Waals surface area contributed by atoms with Gasteiger partial charge in [0.05, 0.1) is 30.0 Å². The summed E-state index contributed by atoms with van der Waals surface area (Å²) < 4.78 is 7.60. The van der Waals surface area contributed by atoms with E-state index in [1.807, 2.05) is 28.7 Å². The van der Waals surface area contributed by atoms with Crippen molar-refractivity contribution in [2.45, 2.75) is 32.8 Å². The van der Waals surface area contributed by atoms with E-state index >= 15 is 0 Å². The van der Waals surface area contributed by atoms with Gasteiger partial charge in [0.15, 0.2) is 4.96 Å². The minimum Gasteiger partial charge on any atom is -0.496 e. The van der Waals surface area contributed by atoms with E-state index in [1.165, 1.54) is 5.56 Å². The van der Waals surface area contributed by atoms with Crippen LogP contribution < -0.4 is 4.74 Å². The molecule has 4 aromatic rings. The number of thiazole rings is 1. The van der Waals surface area contributed by atoms with Crippen LogP contribution in [0.5, 0.6) is 5.75 Å². The van der Waals surface area contributed by atoms with Gasteiger partial charge in [0.1, 0.15) is 5.75 Å². The Morgan fingerprint density at radius 2 is 1.86 bits per heavy atom. The van der Waals surface area contributed by atoms with Crippen LogP contribution in [-0.4, -0.2) is 21.6 Å². The van der Waals surface area contributed by atoms with Crippen LogP contribution in [0, 0.1) is 0 Å². The highest BCUT2D eigenvalue weighted by Gasteiger charge is 2.22. The maximum atomic E-state index is 10.1. The third-order valence-corrected chi connectivity index (χ3v) is 5.99.